The smallest absolute Gasteiger partial charge is 0.0494 e. The van der Waals surface area contributed by atoms with Crippen LogP contribution in [0.5, 0.6) is 0 Å². The minimum atomic E-state index is 0.787. The molecule has 0 aromatic heterocycles. The molecule has 0 radical (unpaired) electrons. The molecule has 0 N–H and O–H groups in total. The fourth-order valence-corrected chi connectivity index (χ4v) is 1.53. The Bertz CT molecular complexity index is 96.1. The summed E-state index contributed by atoms with van der Waals surface area (Å²) in [7, 11) is 0. The van der Waals surface area contributed by atoms with Crippen molar-refractivity contribution in [3.8, 4) is 0 Å². The van der Waals surface area contributed by atoms with E-state index < -0.39 is 0 Å². The van der Waals surface area contributed by atoms with Crippen LogP contribution in [-0.4, -0.2) is 18.5 Å². The molecule has 0 aliphatic rings. The van der Waals surface area contributed by atoms with E-state index in [0.717, 1.165) is 30.9 Å². The summed E-state index contributed by atoms with van der Waals surface area (Å²) < 4.78 is 5.59. The van der Waals surface area contributed by atoms with E-state index in [1.165, 1.54) is 25.7 Å². The first-order valence-corrected chi connectivity index (χ1v) is 6.61. The van der Waals surface area contributed by atoms with Crippen molar-refractivity contribution in [3.05, 3.63) is 0 Å². The van der Waals surface area contributed by atoms with Crippen LogP contribution in [0.4, 0.5) is 0 Å². The lowest BCUT2D eigenvalue weighted by Gasteiger charge is -2.14. The number of alkyl halides is 1. The number of ether oxygens (including phenoxy) is 1. The van der Waals surface area contributed by atoms with Gasteiger partial charge in [0, 0.05) is 18.5 Å². The van der Waals surface area contributed by atoms with Crippen molar-refractivity contribution in [2.45, 2.75) is 46.0 Å². The van der Waals surface area contributed by atoms with Crippen LogP contribution in [0.1, 0.15) is 46.0 Å². The van der Waals surface area contributed by atoms with Crippen LogP contribution in [0.3, 0.4) is 0 Å². The maximum absolute atomic E-state index is 5.59. The number of unbranched alkanes of at least 4 members (excludes halogenated alkanes) is 1. The molecular weight excluding hydrogens is 228 g/mol. The summed E-state index contributed by atoms with van der Waals surface area (Å²) in [6, 6.07) is 0. The molecule has 0 rings (SSSR count). The highest BCUT2D eigenvalue weighted by molar-refractivity contribution is 9.09. The summed E-state index contributed by atoms with van der Waals surface area (Å²) in [5, 5.41) is 1.05. The first-order chi connectivity index (χ1) is 6.35. The van der Waals surface area contributed by atoms with Crippen LogP contribution in [-0.2, 0) is 4.74 Å². The Hall–Kier alpha value is 0.440. The number of rotatable bonds is 9. The predicted octanol–water partition coefficient (Wildman–Crippen LogP) is 4.00. The Kier molecular flexibility index (Phi) is 10.9. The molecule has 0 aliphatic carbocycles. The summed E-state index contributed by atoms with van der Waals surface area (Å²) in [5.41, 5.74) is 0. The zero-order valence-electron chi connectivity index (χ0n) is 9.02. The Balaban J connectivity index is 3.25. The largest absolute Gasteiger partial charge is 0.381 e. The molecule has 0 aliphatic heterocycles. The van der Waals surface area contributed by atoms with Crippen molar-refractivity contribution in [2.24, 2.45) is 5.92 Å². The van der Waals surface area contributed by atoms with Gasteiger partial charge in [-0.05, 0) is 18.8 Å². The van der Waals surface area contributed by atoms with Gasteiger partial charge in [-0.2, -0.15) is 0 Å². The second kappa shape index (κ2) is 10.5. The Morgan fingerprint density at radius 1 is 1.23 bits per heavy atom. The molecule has 0 fully saturated rings. The van der Waals surface area contributed by atoms with Gasteiger partial charge in [0.15, 0.2) is 0 Å². The van der Waals surface area contributed by atoms with Gasteiger partial charge < -0.3 is 4.74 Å². The van der Waals surface area contributed by atoms with Crippen LogP contribution < -0.4 is 0 Å². The quantitative estimate of drug-likeness (QED) is 0.444. The van der Waals surface area contributed by atoms with E-state index in [9.17, 15) is 0 Å². The lowest BCUT2D eigenvalue weighted by molar-refractivity contribution is 0.0951. The third-order valence-electron chi connectivity index (χ3n) is 2.32. The summed E-state index contributed by atoms with van der Waals surface area (Å²) in [4.78, 5) is 0. The van der Waals surface area contributed by atoms with Crippen LogP contribution in [0.25, 0.3) is 0 Å². The Labute approximate surface area is 91.4 Å². The Morgan fingerprint density at radius 3 is 2.54 bits per heavy atom. The van der Waals surface area contributed by atoms with Gasteiger partial charge in [0.2, 0.25) is 0 Å². The molecule has 1 atom stereocenters. The van der Waals surface area contributed by atoms with Gasteiger partial charge in [-0.3, -0.25) is 0 Å². The second-order valence-corrected chi connectivity index (χ2v) is 4.33. The van der Waals surface area contributed by atoms with Crippen molar-refractivity contribution in [1.82, 2.24) is 0 Å². The molecule has 2 heteroatoms. The van der Waals surface area contributed by atoms with Crippen molar-refractivity contribution in [3.63, 3.8) is 0 Å². The van der Waals surface area contributed by atoms with E-state index >= 15 is 0 Å². The number of hydrogen-bond acceptors (Lipinski definition) is 1. The molecule has 0 aromatic carbocycles. The minimum absolute atomic E-state index is 0.787. The standard InChI is InChI=1S/C11H23BrO/c1-3-5-7-11(4-2)10-13-9-6-8-12/h11H,3-10H2,1-2H3. The SMILES string of the molecule is CCCCC(CC)COCCCBr. The number of hydrogen-bond donors (Lipinski definition) is 0. The van der Waals surface area contributed by atoms with E-state index in [1.54, 1.807) is 0 Å². The van der Waals surface area contributed by atoms with Gasteiger partial charge in [0.1, 0.15) is 0 Å². The molecule has 1 nitrogen and oxygen atoms in total. The first-order valence-electron chi connectivity index (χ1n) is 5.48. The molecule has 0 spiro atoms. The van der Waals surface area contributed by atoms with E-state index in [1.807, 2.05) is 0 Å². The van der Waals surface area contributed by atoms with Crippen molar-refractivity contribution >= 4 is 15.9 Å². The van der Waals surface area contributed by atoms with E-state index in [0.29, 0.717) is 0 Å². The molecule has 1 unspecified atom stereocenters. The van der Waals surface area contributed by atoms with Crippen molar-refractivity contribution in [2.75, 3.05) is 18.5 Å². The highest BCUT2D eigenvalue weighted by Gasteiger charge is 2.04. The maximum atomic E-state index is 5.59. The fourth-order valence-electron chi connectivity index (χ4n) is 1.30. The molecule has 0 aromatic rings. The normalized spacial score (nSPS) is 13.2. The topological polar surface area (TPSA) is 9.23 Å². The predicted molar refractivity (Wildman–Crippen MR) is 62.5 cm³/mol. The highest BCUT2D eigenvalue weighted by atomic mass is 79.9. The lowest BCUT2D eigenvalue weighted by Crippen LogP contribution is -2.09. The van der Waals surface area contributed by atoms with E-state index in [2.05, 4.69) is 29.8 Å². The summed E-state index contributed by atoms with van der Waals surface area (Å²) in [6.07, 6.45) is 6.37. The van der Waals surface area contributed by atoms with E-state index in [-0.39, 0.29) is 0 Å². The van der Waals surface area contributed by atoms with Gasteiger partial charge in [0.05, 0.1) is 0 Å². The van der Waals surface area contributed by atoms with Gasteiger partial charge in [-0.1, -0.05) is 49.0 Å². The van der Waals surface area contributed by atoms with Crippen molar-refractivity contribution in [1.29, 1.82) is 0 Å². The summed E-state index contributed by atoms with van der Waals surface area (Å²) >= 11 is 3.40. The third-order valence-corrected chi connectivity index (χ3v) is 2.88. The van der Waals surface area contributed by atoms with Gasteiger partial charge in [0.25, 0.3) is 0 Å². The zero-order valence-corrected chi connectivity index (χ0v) is 10.6. The van der Waals surface area contributed by atoms with E-state index in [4.69, 9.17) is 4.74 Å². The molecule has 0 bridgehead atoms. The van der Waals surface area contributed by atoms with Crippen LogP contribution in [0.2, 0.25) is 0 Å². The highest BCUT2D eigenvalue weighted by Crippen LogP contribution is 2.12. The molecule has 0 amide bonds. The zero-order chi connectivity index (χ0) is 9.94. The molecule has 0 saturated carbocycles. The average molecular weight is 251 g/mol. The lowest BCUT2D eigenvalue weighted by atomic mass is 10.0. The fraction of sp³-hybridized carbons (Fsp3) is 1.00. The number of halogens is 1. The summed E-state index contributed by atoms with van der Waals surface area (Å²) in [6.45, 7) is 6.38. The molecular formula is C11H23BrO. The van der Waals surface area contributed by atoms with Crippen molar-refractivity contribution < 1.29 is 4.74 Å². The van der Waals surface area contributed by atoms with Gasteiger partial charge in [-0.15, -0.1) is 0 Å². The Morgan fingerprint density at radius 2 is 2.00 bits per heavy atom. The maximum Gasteiger partial charge on any atom is 0.0494 e. The summed E-state index contributed by atoms with van der Waals surface area (Å²) in [5.74, 6) is 0.787. The first kappa shape index (κ1) is 13.4. The molecule has 80 valence electrons. The third kappa shape index (κ3) is 8.76. The average Bonchev–Trinajstić information content (AvgIpc) is 2.17. The molecule has 0 heterocycles. The molecule has 0 saturated heterocycles. The minimum Gasteiger partial charge on any atom is -0.381 e. The van der Waals surface area contributed by atoms with Crippen LogP contribution >= 0.6 is 15.9 Å². The van der Waals surface area contributed by atoms with Crippen LogP contribution in [0.15, 0.2) is 0 Å². The van der Waals surface area contributed by atoms with Crippen LogP contribution in [0, 0.1) is 5.92 Å². The second-order valence-electron chi connectivity index (χ2n) is 3.53. The monoisotopic (exact) mass is 250 g/mol. The molecule has 13 heavy (non-hydrogen) atoms. The van der Waals surface area contributed by atoms with Gasteiger partial charge >= 0.3 is 0 Å². The van der Waals surface area contributed by atoms with Gasteiger partial charge in [-0.25, -0.2) is 0 Å².